The predicted molar refractivity (Wildman–Crippen MR) is 72.7 cm³/mol. The van der Waals surface area contributed by atoms with Crippen LogP contribution >= 0.6 is 15.9 Å². The van der Waals surface area contributed by atoms with Gasteiger partial charge in [-0.2, -0.15) is 0 Å². The van der Waals surface area contributed by atoms with Crippen LogP contribution in [0.1, 0.15) is 12.0 Å². The normalized spacial score (nSPS) is 11.0. The maximum atomic E-state index is 10.9. The lowest BCUT2D eigenvalue weighted by Gasteiger charge is -2.03. The molecule has 0 unspecified atom stereocenters. The molecule has 0 radical (unpaired) electrons. The van der Waals surface area contributed by atoms with Crippen molar-refractivity contribution in [3.05, 3.63) is 34.4 Å². The van der Waals surface area contributed by atoms with Crippen molar-refractivity contribution in [1.29, 1.82) is 0 Å². The first-order chi connectivity index (χ1) is 8.61. The summed E-state index contributed by atoms with van der Waals surface area (Å²) in [6.07, 6.45) is 2.53. The number of carbonyl (C=O) groups is 1. The largest absolute Gasteiger partial charge is 0.481 e. The number of aliphatic hydroxyl groups is 1. The van der Waals surface area contributed by atoms with Crippen molar-refractivity contribution >= 4 is 32.8 Å². The van der Waals surface area contributed by atoms with Gasteiger partial charge in [0, 0.05) is 34.7 Å². The first-order valence-electron chi connectivity index (χ1n) is 5.71. The first-order valence-corrected chi connectivity index (χ1v) is 6.51. The van der Waals surface area contributed by atoms with Gasteiger partial charge in [-0.05, 0) is 30.2 Å². The Labute approximate surface area is 113 Å². The Balaban J connectivity index is 2.48. The highest BCUT2D eigenvalue weighted by Crippen LogP contribution is 2.26. The summed E-state index contributed by atoms with van der Waals surface area (Å²) in [6, 6.07) is 5.83. The second-order valence-corrected chi connectivity index (χ2v) is 5.07. The molecule has 2 aromatic rings. The quantitative estimate of drug-likeness (QED) is 0.891. The number of aromatic nitrogens is 1. The van der Waals surface area contributed by atoms with Gasteiger partial charge in [-0.1, -0.05) is 15.9 Å². The van der Waals surface area contributed by atoms with Crippen LogP contribution in [0.2, 0.25) is 0 Å². The summed E-state index contributed by atoms with van der Waals surface area (Å²) in [7, 11) is 0. The molecule has 1 heterocycles. The zero-order valence-corrected chi connectivity index (χ0v) is 11.4. The number of aliphatic hydroxyl groups excluding tert-OH is 1. The van der Waals surface area contributed by atoms with E-state index >= 15 is 0 Å². The van der Waals surface area contributed by atoms with Crippen molar-refractivity contribution in [2.75, 3.05) is 6.61 Å². The summed E-state index contributed by atoms with van der Waals surface area (Å²) >= 11 is 3.40. The molecule has 0 amide bonds. The molecule has 4 nitrogen and oxygen atoms in total. The number of carboxylic acids is 1. The van der Waals surface area contributed by atoms with E-state index in [1.165, 1.54) is 0 Å². The van der Waals surface area contributed by atoms with E-state index in [-0.39, 0.29) is 13.0 Å². The van der Waals surface area contributed by atoms with Crippen LogP contribution in [0.5, 0.6) is 0 Å². The van der Waals surface area contributed by atoms with E-state index in [1.54, 1.807) is 0 Å². The molecule has 1 aromatic heterocycles. The van der Waals surface area contributed by atoms with Crippen molar-refractivity contribution in [3.8, 4) is 0 Å². The summed E-state index contributed by atoms with van der Waals surface area (Å²) in [4.78, 5) is 10.9. The Hall–Kier alpha value is -1.33. The van der Waals surface area contributed by atoms with Crippen molar-refractivity contribution < 1.29 is 15.0 Å². The third kappa shape index (κ3) is 2.73. The van der Waals surface area contributed by atoms with Gasteiger partial charge in [-0.15, -0.1) is 0 Å². The van der Waals surface area contributed by atoms with Gasteiger partial charge < -0.3 is 14.8 Å². The van der Waals surface area contributed by atoms with Crippen LogP contribution in [0, 0.1) is 0 Å². The van der Waals surface area contributed by atoms with E-state index in [0.717, 1.165) is 20.9 Å². The monoisotopic (exact) mass is 311 g/mol. The van der Waals surface area contributed by atoms with Crippen molar-refractivity contribution in [2.45, 2.75) is 19.4 Å². The maximum Gasteiger partial charge on any atom is 0.307 e. The van der Waals surface area contributed by atoms with E-state index in [2.05, 4.69) is 15.9 Å². The highest BCUT2D eigenvalue weighted by atomic mass is 79.9. The molecule has 0 fully saturated rings. The van der Waals surface area contributed by atoms with Gasteiger partial charge in [0.1, 0.15) is 0 Å². The van der Waals surface area contributed by atoms with Crippen molar-refractivity contribution in [2.24, 2.45) is 0 Å². The van der Waals surface area contributed by atoms with Crippen LogP contribution in [-0.2, 0) is 17.8 Å². The van der Waals surface area contributed by atoms with E-state index < -0.39 is 5.97 Å². The van der Waals surface area contributed by atoms with Gasteiger partial charge in [0.2, 0.25) is 0 Å². The molecule has 0 bridgehead atoms. The standard InChI is InChI=1S/C13H14BrNO3/c14-10-2-3-12-11(7-10)9(6-13(17)18)8-15(12)4-1-5-16/h2-3,7-8,16H,1,4-6H2,(H,17,18). The molecule has 1 aromatic carbocycles. The number of hydrogen-bond acceptors (Lipinski definition) is 2. The number of carboxylic acid groups (broad SMARTS) is 1. The lowest BCUT2D eigenvalue weighted by molar-refractivity contribution is -0.136. The fourth-order valence-electron chi connectivity index (χ4n) is 2.07. The molecular weight excluding hydrogens is 298 g/mol. The van der Waals surface area contributed by atoms with Gasteiger partial charge in [-0.3, -0.25) is 4.79 Å². The molecule has 2 N–H and O–H groups in total. The fourth-order valence-corrected chi connectivity index (χ4v) is 2.43. The number of aliphatic carboxylic acids is 1. The molecule has 18 heavy (non-hydrogen) atoms. The Kier molecular flexibility index (Phi) is 4.04. The second-order valence-electron chi connectivity index (χ2n) is 4.16. The SMILES string of the molecule is O=C(O)Cc1cn(CCCO)c2ccc(Br)cc12. The molecule has 0 aliphatic heterocycles. The number of halogens is 1. The summed E-state index contributed by atoms with van der Waals surface area (Å²) in [5.41, 5.74) is 1.81. The van der Waals surface area contributed by atoms with Crippen LogP contribution in [0.15, 0.2) is 28.9 Å². The lowest BCUT2D eigenvalue weighted by atomic mass is 10.1. The Morgan fingerprint density at radius 1 is 1.39 bits per heavy atom. The van der Waals surface area contributed by atoms with E-state index in [0.29, 0.717) is 13.0 Å². The van der Waals surface area contributed by atoms with Crippen LogP contribution in [0.4, 0.5) is 0 Å². The second kappa shape index (κ2) is 5.54. The number of hydrogen-bond donors (Lipinski definition) is 2. The number of benzene rings is 1. The molecule has 5 heteroatoms. The topological polar surface area (TPSA) is 62.5 Å². The number of nitrogens with zero attached hydrogens (tertiary/aromatic N) is 1. The van der Waals surface area contributed by atoms with Gasteiger partial charge in [0.05, 0.1) is 6.42 Å². The average Bonchev–Trinajstić information content (AvgIpc) is 2.64. The molecular formula is C13H14BrNO3. The molecule has 0 aliphatic carbocycles. The summed E-state index contributed by atoms with van der Waals surface area (Å²) in [5.74, 6) is -0.837. The highest BCUT2D eigenvalue weighted by molar-refractivity contribution is 9.10. The highest BCUT2D eigenvalue weighted by Gasteiger charge is 2.11. The molecule has 0 saturated carbocycles. The van der Waals surface area contributed by atoms with Crippen LogP contribution in [0.25, 0.3) is 10.9 Å². The van der Waals surface area contributed by atoms with E-state index in [1.807, 2.05) is 29.0 Å². The van der Waals surface area contributed by atoms with Gasteiger partial charge in [-0.25, -0.2) is 0 Å². The van der Waals surface area contributed by atoms with Gasteiger partial charge >= 0.3 is 5.97 Å². The summed E-state index contributed by atoms with van der Waals surface area (Å²) in [5, 5.41) is 18.7. The van der Waals surface area contributed by atoms with Crippen LogP contribution < -0.4 is 0 Å². The molecule has 2 rings (SSSR count). The smallest absolute Gasteiger partial charge is 0.307 e. The van der Waals surface area contributed by atoms with E-state index in [4.69, 9.17) is 10.2 Å². The van der Waals surface area contributed by atoms with Crippen molar-refractivity contribution in [3.63, 3.8) is 0 Å². The molecule has 0 saturated heterocycles. The maximum absolute atomic E-state index is 10.9. The van der Waals surface area contributed by atoms with Gasteiger partial charge in [0.25, 0.3) is 0 Å². The number of aryl methyl sites for hydroxylation is 1. The number of fused-ring (bicyclic) bond motifs is 1. The third-order valence-corrected chi connectivity index (χ3v) is 3.32. The minimum atomic E-state index is -0.837. The molecule has 0 aliphatic rings. The predicted octanol–water partition coefficient (Wildman–Crippen LogP) is 2.41. The average molecular weight is 312 g/mol. The summed E-state index contributed by atoms with van der Waals surface area (Å²) in [6.45, 7) is 0.818. The first kappa shape index (κ1) is 13.1. The minimum Gasteiger partial charge on any atom is -0.481 e. The van der Waals surface area contributed by atoms with E-state index in [9.17, 15) is 4.79 Å². The molecule has 0 atom stereocenters. The lowest BCUT2D eigenvalue weighted by Crippen LogP contribution is -2.00. The van der Waals surface area contributed by atoms with Gasteiger partial charge in [0.15, 0.2) is 0 Å². The molecule has 0 spiro atoms. The molecule has 96 valence electrons. The van der Waals surface area contributed by atoms with Crippen LogP contribution in [-0.4, -0.2) is 27.4 Å². The third-order valence-electron chi connectivity index (χ3n) is 2.82. The minimum absolute atomic E-state index is 0.0130. The summed E-state index contributed by atoms with van der Waals surface area (Å²) < 4.78 is 2.93. The zero-order chi connectivity index (χ0) is 13.1. The Bertz CT molecular complexity index is 577. The fraction of sp³-hybridized carbons (Fsp3) is 0.308. The Morgan fingerprint density at radius 2 is 2.17 bits per heavy atom. The zero-order valence-electron chi connectivity index (χ0n) is 9.77. The van der Waals surface area contributed by atoms with Crippen molar-refractivity contribution in [1.82, 2.24) is 4.57 Å². The Morgan fingerprint density at radius 3 is 2.83 bits per heavy atom. The van der Waals surface area contributed by atoms with Crippen LogP contribution in [0.3, 0.4) is 0 Å². The number of rotatable bonds is 5.